The van der Waals surface area contributed by atoms with Crippen LogP contribution in [0.3, 0.4) is 0 Å². The zero-order valence-corrected chi connectivity index (χ0v) is 33.2. The van der Waals surface area contributed by atoms with Crippen LogP contribution in [-0.2, 0) is 14.3 Å². The highest BCUT2D eigenvalue weighted by molar-refractivity contribution is 6.07. The van der Waals surface area contributed by atoms with Gasteiger partial charge in [0, 0.05) is 23.8 Å². The van der Waals surface area contributed by atoms with Gasteiger partial charge in [0.1, 0.15) is 5.75 Å². The summed E-state index contributed by atoms with van der Waals surface area (Å²) in [6, 6.07) is 19.5. The van der Waals surface area contributed by atoms with Crippen molar-refractivity contribution in [1.29, 1.82) is 0 Å². The summed E-state index contributed by atoms with van der Waals surface area (Å²) >= 11 is 0. The molecule has 0 bridgehead atoms. The lowest BCUT2D eigenvalue weighted by Crippen LogP contribution is -2.42. The van der Waals surface area contributed by atoms with E-state index in [-0.39, 0.29) is 43.4 Å². The second-order valence-electron chi connectivity index (χ2n) is 14.1. The third kappa shape index (κ3) is 8.20. The van der Waals surface area contributed by atoms with E-state index in [0.29, 0.717) is 71.0 Å². The molecule has 0 unspecified atom stereocenters. The summed E-state index contributed by atoms with van der Waals surface area (Å²) in [6.45, 7) is 0.658. The van der Waals surface area contributed by atoms with Gasteiger partial charge in [-0.15, -0.1) is 0 Å². The molecule has 2 aliphatic heterocycles. The molecule has 58 heavy (non-hydrogen) atoms. The Morgan fingerprint density at radius 2 is 1.50 bits per heavy atom. The van der Waals surface area contributed by atoms with Crippen LogP contribution in [-0.4, -0.2) is 73.2 Å². The summed E-state index contributed by atoms with van der Waals surface area (Å²) in [5, 5.41) is 3.25. The predicted octanol–water partition coefficient (Wildman–Crippen LogP) is 7.09. The molecule has 1 amide bonds. The minimum absolute atomic E-state index is 0.0755. The number of esters is 1. The maximum Gasteiger partial charge on any atom is 0.310 e. The number of carbonyl (C=O) groups is 3. The SMILES string of the molecule is COc1cccc(C(=O)/C=C/c2ccc(OCCCCCC(=O)N[C@@H]3c4cc5c(cc4[C@@H](c4cc(OC)c(OC)c(OC)c4)[C@H]4C(=O)OC[C@@H]43)OCO5)c(OC)c2)c1. The first-order valence-corrected chi connectivity index (χ1v) is 19.1. The first kappa shape index (κ1) is 39.8. The number of hydrogen-bond donors (Lipinski definition) is 1. The van der Waals surface area contributed by atoms with Crippen molar-refractivity contribution in [2.75, 3.05) is 55.6 Å². The monoisotopic (exact) mass is 793 g/mol. The van der Waals surface area contributed by atoms with Crippen molar-refractivity contribution in [3.05, 3.63) is 101 Å². The van der Waals surface area contributed by atoms with E-state index >= 15 is 0 Å². The van der Waals surface area contributed by atoms with E-state index in [4.69, 9.17) is 42.6 Å². The number of benzene rings is 4. The summed E-state index contributed by atoms with van der Waals surface area (Å²) in [7, 11) is 7.76. The quantitative estimate of drug-likeness (QED) is 0.0504. The molecule has 1 N–H and O–H groups in total. The smallest absolute Gasteiger partial charge is 0.310 e. The predicted molar refractivity (Wildman–Crippen MR) is 213 cm³/mol. The Morgan fingerprint density at radius 3 is 2.21 bits per heavy atom. The number of unbranched alkanes of at least 4 members (excludes halogenated alkanes) is 2. The molecule has 0 spiro atoms. The highest BCUT2D eigenvalue weighted by Crippen LogP contribution is 2.55. The van der Waals surface area contributed by atoms with Gasteiger partial charge in [0.2, 0.25) is 18.4 Å². The van der Waals surface area contributed by atoms with Crippen molar-refractivity contribution >= 4 is 23.7 Å². The number of rotatable bonds is 17. The summed E-state index contributed by atoms with van der Waals surface area (Å²) in [5.41, 5.74) is 3.75. The van der Waals surface area contributed by atoms with Crippen molar-refractivity contribution in [3.8, 4) is 46.0 Å². The average molecular weight is 794 g/mol. The molecular formula is C45H47NO12. The fourth-order valence-electron chi connectivity index (χ4n) is 7.97. The number of cyclic esters (lactones) is 1. The number of ether oxygens (including phenoxy) is 9. The van der Waals surface area contributed by atoms with Crippen molar-refractivity contribution < 1.29 is 57.0 Å². The molecule has 13 nitrogen and oxygen atoms in total. The molecule has 1 fully saturated rings. The minimum atomic E-state index is -0.596. The van der Waals surface area contributed by atoms with Crippen molar-refractivity contribution in [3.63, 3.8) is 0 Å². The van der Waals surface area contributed by atoms with Crippen LogP contribution in [0.5, 0.6) is 46.0 Å². The molecule has 3 aliphatic rings. The number of carbonyl (C=O) groups excluding carboxylic acids is 3. The van der Waals surface area contributed by atoms with Crippen LogP contribution in [0.2, 0.25) is 0 Å². The Bertz CT molecular complexity index is 2170. The molecule has 304 valence electrons. The van der Waals surface area contributed by atoms with E-state index in [1.165, 1.54) is 13.2 Å². The highest BCUT2D eigenvalue weighted by Gasteiger charge is 2.53. The number of nitrogens with one attached hydrogen (secondary N) is 1. The van der Waals surface area contributed by atoms with Gasteiger partial charge in [-0.25, -0.2) is 0 Å². The molecule has 0 saturated carbocycles. The molecule has 7 rings (SSSR count). The van der Waals surface area contributed by atoms with Gasteiger partial charge in [-0.2, -0.15) is 0 Å². The molecule has 1 aliphatic carbocycles. The fourth-order valence-corrected chi connectivity index (χ4v) is 7.97. The first-order valence-electron chi connectivity index (χ1n) is 19.1. The van der Waals surface area contributed by atoms with E-state index in [1.54, 1.807) is 58.8 Å². The summed E-state index contributed by atoms with van der Waals surface area (Å²) in [5.74, 6) is 2.25. The summed E-state index contributed by atoms with van der Waals surface area (Å²) < 4.78 is 50.9. The molecular weight excluding hydrogens is 746 g/mol. The number of hydrogen-bond acceptors (Lipinski definition) is 12. The maximum absolute atomic E-state index is 13.6. The second kappa shape index (κ2) is 17.8. The lowest BCUT2D eigenvalue weighted by atomic mass is 9.65. The second-order valence-corrected chi connectivity index (χ2v) is 14.1. The van der Waals surface area contributed by atoms with Crippen LogP contribution in [0.1, 0.15) is 70.3 Å². The first-order chi connectivity index (χ1) is 28.3. The van der Waals surface area contributed by atoms with E-state index in [0.717, 1.165) is 28.7 Å². The van der Waals surface area contributed by atoms with Gasteiger partial charge in [0.15, 0.2) is 40.3 Å². The Morgan fingerprint density at radius 1 is 0.759 bits per heavy atom. The number of ketones is 1. The van der Waals surface area contributed by atoms with Crippen LogP contribution in [0, 0.1) is 11.8 Å². The van der Waals surface area contributed by atoms with E-state index < -0.39 is 17.9 Å². The average Bonchev–Trinajstić information content (AvgIpc) is 3.88. The lowest BCUT2D eigenvalue weighted by molar-refractivity contribution is -0.141. The van der Waals surface area contributed by atoms with Gasteiger partial charge in [0.05, 0.1) is 60.7 Å². The normalized spacial score (nSPS) is 18.8. The third-order valence-electron chi connectivity index (χ3n) is 10.8. The summed E-state index contributed by atoms with van der Waals surface area (Å²) in [4.78, 5) is 39.8. The number of allylic oxidation sites excluding steroid dienone is 1. The van der Waals surface area contributed by atoms with Crippen molar-refractivity contribution in [2.45, 2.75) is 37.6 Å². The molecule has 13 heteroatoms. The zero-order valence-electron chi connectivity index (χ0n) is 33.2. The zero-order chi connectivity index (χ0) is 40.8. The standard InChI is InChI=1S/C45H47NO12/c1-50-29-11-9-10-27(19-29)33(47)15-13-26-14-16-34(35(18-26)51-2)55-17-8-6-7-12-40(48)46-43-31-23-37-36(57-25-58-37)22-30(31)41(42-32(43)24-56-45(42)49)28-20-38(52-3)44(54-5)39(21-28)53-4/h9-11,13-16,18-23,32,41-43H,6-8,12,17,24-25H2,1-5H3,(H,46,48)/b15-13+/t32-,41+,42-,43+/m0/s1. The fraction of sp³-hybridized carbons (Fsp3) is 0.356. The molecule has 1 saturated heterocycles. The van der Waals surface area contributed by atoms with Gasteiger partial charge >= 0.3 is 5.97 Å². The van der Waals surface area contributed by atoms with Gasteiger partial charge in [0.25, 0.3) is 0 Å². The Hall–Kier alpha value is -6.37. The Labute approximate surface area is 337 Å². The van der Waals surface area contributed by atoms with Crippen molar-refractivity contribution in [1.82, 2.24) is 5.32 Å². The number of fused-ring (bicyclic) bond motifs is 3. The van der Waals surface area contributed by atoms with Gasteiger partial charge in [-0.1, -0.05) is 24.3 Å². The highest BCUT2D eigenvalue weighted by atomic mass is 16.7. The van der Waals surface area contributed by atoms with Gasteiger partial charge < -0.3 is 47.9 Å². The molecule has 4 atom stereocenters. The largest absolute Gasteiger partial charge is 0.497 e. The molecule has 2 heterocycles. The summed E-state index contributed by atoms with van der Waals surface area (Å²) in [6.07, 6.45) is 5.63. The van der Waals surface area contributed by atoms with Gasteiger partial charge in [-0.3, -0.25) is 14.4 Å². The Balaban J connectivity index is 0.980. The lowest BCUT2D eigenvalue weighted by Gasteiger charge is -2.39. The minimum Gasteiger partial charge on any atom is -0.497 e. The number of amides is 1. The third-order valence-corrected chi connectivity index (χ3v) is 10.8. The molecule has 4 aromatic rings. The van der Waals surface area contributed by atoms with Crippen LogP contribution in [0.15, 0.2) is 72.8 Å². The van der Waals surface area contributed by atoms with Crippen LogP contribution < -0.4 is 43.2 Å². The van der Waals surface area contributed by atoms with Crippen LogP contribution in [0.25, 0.3) is 6.08 Å². The molecule has 0 radical (unpaired) electrons. The van der Waals surface area contributed by atoms with Crippen LogP contribution in [0.4, 0.5) is 0 Å². The molecule has 4 aromatic carbocycles. The molecule has 0 aromatic heterocycles. The van der Waals surface area contributed by atoms with E-state index in [1.807, 2.05) is 42.5 Å². The van der Waals surface area contributed by atoms with Gasteiger partial charge in [-0.05, 0) is 96.1 Å². The van der Waals surface area contributed by atoms with Crippen LogP contribution >= 0.6 is 0 Å². The van der Waals surface area contributed by atoms with E-state index in [2.05, 4.69) is 5.32 Å². The maximum atomic E-state index is 13.6. The number of methoxy groups -OCH3 is 5. The van der Waals surface area contributed by atoms with Crippen molar-refractivity contribution in [2.24, 2.45) is 11.8 Å². The topological polar surface area (TPSA) is 146 Å². The Kier molecular flexibility index (Phi) is 12.3. The van der Waals surface area contributed by atoms with E-state index in [9.17, 15) is 14.4 Å².